The molecule has 9 heteroatoms. The maximum atomic E-state index is 12.9. The Labute approximate surface area is 153 Å². The highest BCUT2D eigenvalue weighted by Crippen LogP contribution is 2.38. The van der Waals surface area contributed by atoms with E-state index in [0.717, 1.165) is 24.2 Å². The van der Waals surface area contributed by atoms with Gasteiger partial charge in [0.25, 0.3) is 5.91 Å². The average Bonchev–Trinajstić information content (AvgIpc) is 3.28. The zero-order valence-corrected chi connectivity index (χ0v) is 14.1. The lowest BCUT2D eigenvalue weighted by atomic mass is 10.1. The molecule has 0 unspecified atom stereocenters. The lowest BCUT2D eigenvalue weighted by Crippen LogP contribution is -2.47. The summed E-state index contributed by atoms with van der Waals surface area (Å²) < 4.78 is 38.8. The number of amides is 1. The van der Waals surface area contributed by atoms with E-state index >= 15 is 0 Å². The highest BCUT2D eigenvalue weighted by molar-refractivity contribution is 5.93. The normalized spacial score (nSPS) is 21.6. The van der Waals surface area contributed by atoms with Gasteiger partial charge in [-0.3, -0.25) is 10.0 Å². The number of hydrogen-bond acceptors (Lipinski definition) is 5. The summed E-state index contributed by atoms with van der Waals surface area (Å²) in [6, 6.07) is 9.20. The molecule has 2 atom stereocenters. The first kappa shape index (κ1) is 17.6. The minimum atomic E-state index is -4.38. The van der Waals surface area contributed by atoms with E-state index in [1.807, 2.05) is 4.90 Å². The largest absolute Gasteiger partial charge is 0.416 e. The Hall–Kier alpha value is -2.81. The number of piperazine rings is 1. The summed E-state index contributed by atoms with van der Waals surface area (Å²) in [6.07, 6.45) is -2.34. The average molecular weight is 378 g/mol. The van der Waals surface area contributed by atoms with Gasteiger partial charge in [0.05, 0.1) is 11.6 Å². The van der Waals surface area contributed by atoms with Gasteiger partial charge in [-0.2, -0.15) is 13.2 Å². The van der Waals surface area contributed by atoms with Crippen molar-refractivity contribution < 1.29 is 23.2 Å². The summed E-state index contributed by atoms with van der Waals surface area (Å²) in [6.45, 7) is 1.27. The minimum Gasteiger partial charge on any atom is -0.365 e. The van der Waals surface area contributed by atoms with Gasteiger partial charge >= 0.3 is 6.18 Å². The molecule has 1 aromatic heterocycles. The van der Waals surface area contributed by atoms with Gasteiger partial charge in [0.1, 0.15) is 5.82 Å². The molecule has 0 radical (unpaired) electrons. The van der Waals surface area contributed by atoms with Crippen molar-refractivity contribution in [3.8, 4) is 0 Å². The van der Waals surface area contributed by atoms with Crippen LogP contribution in [0.4, 0.5) is 24.7 Å². The maximum absolute atomic E-state index is 12.9. The summed E-state index contributed by atoms with van der Waals surface area (Å²) in [4.78, 5) is 19.7. The predicted octanol–water partition coefficient (Wildman–Crippen LogP) is 2.69. The molecular formula is C18H17F3N4O2. The number of nitrogens with one attached hydrogen (secondary N) is 1. The first-order chi connectivity index (χ1) is 12.9. The number of hydrogen-bond donors (Lipinski definition) is 2. The molecule has 142 valence electrons. The van der Waals surface area contributed by atoms with Gasteiger partial charge in [-0.1, -0.05) is 0 Å². The fourth-order valence-corrected chi connectivity index (χ4v) is 3.88. The molecule has 2 N–H and O–H groups in total. The van der Waals surface area contributed by atoms with Crippen molar-refractivity contribution in [3.05, 3.63) is 53.7 Å². The molecule has 1 amide bonds. The number of hydroxylamine groups is 1. The van der Waals surface area contributed by atoms with Gasteiger partial charge in [0.15, 0.2) is 0 Å². The summed E-state index contributed by atoms with van der Waals surface area (Å²) in [7, 11) is 0. The smallest absolute Gasteiger partial charge is 0.365 e. The zero-order chi connectivity index (χ0) is 19.2. The van der Waals surface area contributed by atoms with E-state index in [1.165, 1.54) is 6.20 Å². The number of rotatable bonds is 3. The van der Waals surface area contributed by atoms with Crippen molar-refractivity contribution in [1.29, 1.82) is 0 Å². The molecule has 4 rings (SSSR count). The van der Waals surface area contributed by atoms with Crippen LogP contribution in [0.1, 0.15) is 22.3 Å². The highest BCUT2D eigenvalue weighted by Gasteiger charge is 2.44. The Bertz CT molecular complexity index is 856. The number of benzene rings is 1. The molecule has 2 bridgehead atoms. The van der Waals surface area contributed by atoms with Crippen LogP contribution in [-0.2, 0) is 6.18 Å². The SMILES string of the molecule is O=C(NO)c1ccc(N2C[C@@H]3C[C@H]2CN3c2cc(C(F)(F)F)ccn2)cc1. The van der Waals surface area contributed by atoms with E-state index in [1.54, 1.807) is 29.7 Å². The van der Waals surface area contributed by atoms with Crippen LogP contribution in [0.3, 0.4) is 0 Å². The number of nitrogens with zero attached hydrogens (tertiary/aromatic N) is 3. The van der Waals surface area contributed by atoms with E-state index < -0.39 is 17.6 Å². The van der Waals surface area contributed by atoms with Crippen LogP contribution in [0.2, 0.25) is 0 Å². The number of alkyl halides is 3. The third-order valence-electron chi connectivity index (χ3n) is 5.17. The number of fused-ring (bicyclic) bond motifs is 2. The monoisotopic (exact) mass is 378 g/mol. The summed E-state index contributed by atoms with van der Waals surface area (Å²) in [5.74, 6) is -0.224. The third-order valence-corrected chi connectivity index (χ3v) is 5.17. The fraction of sp³-hybridized carbons (Fsp3) is 0.333. The van der Waals surface area contributed by atoms with Crippen LogP contribution in [0, 0.1) is 0 Å². The second-order valence-corrected chi connectivity index (χ2v) is 6.74. The Morgan fingerprint density at radius 2 is 1.78 bits per heavy atom. The zero-order valence-electron chi connectivity index (χ0n) is 14.1. The van der Waals surface area contributed by atoms with Gasteiger partial charge in [0, 0.05) is 36.6 Å². The first-order valence-corrected chi connectivity index (χ1v) is 8.48. The molecular weight excluding hydrogens is 361 g/mol. The van der Waals surface area contributed by atoms with Crippen LogP contribution in [0.15, 0.2) is 42.6 Å². The molecule has 2 aliphatic heterocycles. The van der Waals surface area contributed by atoms with Gasteiger partial charge in [0.2, 0.25) is 0 Å². The molecule has 2 aliphatic rings. The van der Waals surface area contributed by atoms with Crippen molar-refractivity contribution in [1.82, 2.24) is 10.5 Å². The summed E-state index contributed by atoms with van der Waals surface area (Å²) in [5.41, 5.74) is 2.19. The van der Waals surface area contributed by atoms with Gasteiger partial charge in [-0.05, 0) is 42.8 Å². The van der Waals surface area contributed by atoms with Gasteiger partial charge < -0.3 is 9.80 Å². The summed E-state index contributed by atoms with van der Waals surface area (Å²) in [5, 5.41) is 8.67. The number of carbonyl (C=O) groups excluding carboxylic acids is 1. The van der Waals surface area contributed by atoms with Crippen LogP contribution < -0.4 is 15.3 Å². The van der Waals surface area contributed by atoms with E-state index in [-0.39, 0.29) is 12.1 Å². The Morgan fingerprint density at radius 3 is 2.37 bits per heavy atom. The Kier molecular flexibility index (Phi) is 4.18. The molecule has 27 heavy (non-hydrogen) atoms. The van der Waals surface area contributed by atoms with Crippen LogP contribution in [0.25, 0.3) is 0 Å². The number of carbonyl (C=O) groups is 1. The lowest BCUT2D eigenvalue weighted by Gasteiger charge is -2.36. The second-order valence-electron chi connectivity index (χ2n) is 6.74. The topological polar surface area (TPSA) is 68.7 Å². The second kappa shape index (κ2) is 6.41. The van der Waals surface area contributed by atoms with E-state index in [0.29, 0.717) is 24.5 Å². The lowest BCUT2D eigenvalue weighted by molar-refractivity contribution is -0.137. The van der Waals surface area contributed by atoms with Crippen LogP contribution in [0.5, 0.6) is 0 Å². The standard InChI is InChI=1S/C18H17F3N4O2/c19-18(20,21)12-5-6-22-16(7-12)25-10-14-8-15(25)9-24(14)13-3-1-11(2-4-13)17(26)23-27/h1-7,14-15,27H,8-10H2,(H,23,26)/t14-,15-/m0/s1. The molecule has 1 aromatic carbocycles. The Balaban J connectivity index is 1.49. The molecule has 6 nitrogen and oxygen atoms in total. The minimum absolute atomic E-state index is 0.0893. The predicted molar refractivity (Wildman–Crippen MR) is 91.8 cm³/mol. The van der Waals surface area contributed by atoms with Crippen LogP contribution >= 0.6 is 0 Å². The van der Waals surface area contributed by atoms with E-state index in [4.69, 9.17) is 5.21 Å². The summed E-state index contributed by atoms with van der Waals surface area (Å²) >= 11 is 0. The maximum Gasteiger partial charge on any atom is 0.416 e. The highest BCUT2D eigenvalue weighted by atomic mass is 19.4. The van der Waals surface area contributed by atoms with E-state index in [2.05, 4.69) is 9.88 Å². The fourth-order valence-electron chi connectivity index (χ4n) is 3.88. The van der Waals surface area contributed by atoms with Crippen LogP contribution in [-0.4, -0.2) is 41.3 Å². The number of halogens is 3. The quantitative estimate of drug-likeness (QED) is 0.635. The molecule has 2 fully saturated rings. The van der Waals surface area contributed by atoms with Crippen molar-refractivity contribution in [2.45, 2.75) is 24.7 Å². The molecule has 0 saturated carbocycles. The molecule has 0 spiro atoms. The van der Waals surface area contributed by atoms with E-state index in [9.17, 15) is 18.0 Å². The van der Waals surface area contributed by atoms with Gasteiger partial charge in [-0.25, -0.2) is 10.5 Å². The molecule has 2 aromatic rings. The van der Waals surface area contributed by atoms with Gasteiger partial charge in [-0.15, -0.1) is 0 Å². The van der Waals surface area contributed by atoms with Crippen molar-refractivity contribution in [3.63, 3.8) is 0 Å². The first-order valence-electron chi connectivity index (χ1n) is 8.48. The number of aromatic nitrogens is 1. The van der Waals surface area contributed by atoms with Crippen molar-refractivity contribution in [2.24, 2.45) is 0 Å². The molecule has 0 aliphatic carbocycles. The number of anilines is 2. The Morgan fingerprint density at radius 1 is 1.11 bits per heavy atom. The number of pyridine rings is 1. The third kappa shape index (κ3) is 3.18. The van der Waals surface area contributed by atoms with Crippen molar-refractivity contribution >= 4 is 17.4 Å². The molecule has 2 saturated heterocycles. The molecule has 3 heterocycles. The van der Waals surface area contributed by atoms with Crippen molar-refractivity contribution in [2.75, 3.05) is 22.9 Å².